The molecule has 0 bridgehead atoms. The van der Waals surface area contributed by atoms with E-state index in [1.165, 1.54) is 0 Å². The van der Waals surface area contributed by atoms with Crippen LogP contribution in [0.1, 0.15) is 5.56 Å². The molecule has 1 nitrogen and oxygen atoms in total. The Balaban J connectivity index is 2.29. The van der Waals surface area contributed by atoms with E-state index in [0.29, 0.717) is 0 Å². The van der Waals surface area contributed by atoms with Crippen molar-refractivity contribution in [3.05, 3.63) is 66.2 Å². The van der Waals surface area contributed by atoms with E-state index in [4.69, 9.17) is 0 Å². The quantitative estimate of drug-likeness (QED) is 0.683. The molecule has 0 N–H and O–H groups in total. The van der Waals surface area contributed by atoms with Gasteiger partial charge in [-0.2, -0.15) is 4.55 Å². The summed E-state index contributed by atoms with van der Waals surface area (Å²) in [6, 6.07) is 19.2. The Kier molecular flexibility index (Phi) is 3.33. The van der Waals surface area contributed by atoms with Crippen molar-refractivity contribution in [2.24, 2.45) is 0 Å². The van der Waals surface area contributed by atoms with Crippen molar-refractivity contribution in [2.75, 3.05) is 0 Å². The van der Waals surface area contributed by atoms with Crippen molar-refractivity contribution in [2.45, 2.75) is 4.90 Å². The van der Waals surface area contributed by atoms with Gasteiger partial charge in [0, 0.05) is 21.0 Å². The molecule has 2 heteroatoms. The van der Waals surface area contributed by atoms with Crippen molar-refractivity contribution in [3.63, 3.8) is 0 Å². The lowest BCUT2D eigenvalue weighted by Gasteiger charge is -1.98. The predicted molar refractivity (Wildman–Crippen MR) is 64.6 cm³/mol. The molecule has 2 aromatic rings. The Hall–Kier alpha value is -1.38. The van der Waals surface area contributed by atoms with Crippen molar-refractivity contribution < 1.29 is 4.55 Å². The summed E-state index contributed by atoms with van der Waals surface area (Å²) in [4.78, 5) is 0.835. The molecule has 0 heterocycles. The molecule has 1 atom stereocenters. The van der Waals surface area contributed by atoms with E-state index in [1.54, 1.807) is 5.37 Å². The van der Waals surface area contributed by atoms with Gasteiger partial charge in [0.2, 0.25) is 0 Å². The Labute approximate surface area is 92.2 Å². The minimum Gasteiger partial charge on any atom is -0.154 e. The molecule has 0 saturated carbocycles. The van der Waals surface area contributed by atoms with Crippen LogP contribution in [0.2, 0.25) is 0 Å². The molecular weight excluding hydrogens is 204 g/mol. The highest BCUT2D eigenvalue weighted by molar-refractivity contribution is 8.10. The number of hydrogen-bond donors (Lipinski definition) is 0. The Morgan fingerprint density at radius 1 is 0.800 bits per heavy atom. The monoisotopic (exact) mass is 215 g/mol. The minimum absolute atomic E-state index is 0.835. The summed E-state index contributed by atoms with van der Waals surface area (Å²) in [5.41, 5.74) is 0.986. The van der Waals surface area contributed by atoms with Crippen LogP contribution in [0.4, 0.5) is 0 Å². The molecule has 1 unspecified atom stereocenters. The van der Waals surface area contributed by atoms with E-state index in [-0.39, 0.29) is 0 Å². The van der Waals surface area contributed by atoms with Gasteiger partial charge in [0.05, 0.1) is 0 Å². The third kappa shape index (κ3) is 2.78. The van der Waals surface area contributed by atoms with Gasteiger partial charge < -0.3 is 0 Å². The maximum atomic E-state index is 11.9. The second kappa shape index (κ2) is 4.91. The lowest BCUT2D eigenvalue weighted by Crippen LogP contribution is -1.80. The van der Waals surface area contributed by atoms with Gasteiger partial charge in [-0.05, 0) is 17.7 Å². The first-order chi connectivity index (χ1) is 7.36. The van der Waals surface area contributed by atoms with Gasteiger partial charge in [-0.1, -0.05) is 48.5 Å². The van der Waals surface area contributed by atoms with Crippen LogP contribution in [-0.4, -0.2) is 5.37 Å². The van der Waals surface area contributed by atoms with E-state index in [2.05, 4.69) is 0 Å². The van der Waals surface area contributed by atoms with Gasteiger partial charge in [0.25, 0.3) is 0 Å². The van der Waals surface area contributed by atoms with Crippen LogP contribution in [-0.2, 0) is 4.55 Å². The fraction of sp³-hybridized carbons (Fsp3) is 0. The van der Waals surface area contributed by atoms with Crippen molar-refractivity contribution in [1.29, 1.82) is 0 Å². The summed E-state index contributed by atoms with van der Waals surface area (Å²) in [6.45, 7) is 0. The molecule has 0 amide bonds. The van der Waals surface area contributed by atoms with Gasteiger partial charge in [-0.15, -0.1) is 0 Å². The number of benzene rings is 2. The minimum atomic E-state index is -1.06. The zero-order valence-electron chi connectivity index (χ0n) is 8.17. The van der Waals surface area contributed by atoms with Crippen LogP contribution in [0.3, 0.4) is 0 Å². The summed E-state index contributed by atoms with van der Waals surface area (Å²) in [7, 11) is -1.06. The van der Waals surface area contributed by atoms with Crippen LogP contribution < -0.4 is 0 Å². The average Bonchev–Trinajstić information content (AvgIpc) is 2.31. The van der Waals surface area contributed by atoms with Gasteiger partial charge in [-0.3, -0.25) is 0 Å². The van der Waals surface area contributed by atoms with Crippen LogP contribution in [0.25, 0.3) is 0 Å². The van der Waals surface area contributed by atoms with E-state index < -0.39 is 10.8 Å². The molecular formula is C13H11OS. The highest BCUT2D eigenvalue weighted by Crippen LogP contribution is 2.22. The molecule has 0 fully saturated rings. The van der Waals surface area contributed by atoms with E-state index in [0.717, 1.165) is 10.5 Å². The first kappa shape index (κ1) is 10.1. The third-order valence-electron chi connectivity index (χ3n) is 2.02. The van der Waals surface area contributed by atoms with Crippen LogP contribution in [0, 0.1) is 0 Å². The first-order valence-corrected chi connectivity index (χ1v) is 5.93. The van der Waals surface area contributed by atoms with Gasteiger partial charge in [0.15, 0.2) is 0 Å². The molecule has 0 aliphatic carbocycles. The molecule has 75 valence electrons. The molecule has 15 heavy (non-hydrogen) atoms. The largest absolute Gasteiger partial charge is 0.154 e. The smallest absolute Gasteiger partial charge is 0.0304 e. The fourth-order valence-electron chi connectivity index (χ4n) is 1.28. The Morgan fingerprint density at radius 3 is 1.93 bits per heavy atom. The molecule has 0 spiro atoms. The van der Waals surface area contributed by atoms with E-state index >= 15 is 0 Å². The van der Waals surface area contributed by atoms with Crippen LogP contribution in [0.15, 0.2) is 65.6 Å². The summed E-state index contributed by atoms with van der Waals surface area (Å²) < 4.78 is 11.9. The topological polar surface area (TPSA) is 19.9 Å². The maximum Gasteiger partial charge on any atom is 0.0304 e. The first-order valence-electron chi connectivity index (χ1n) is 4.72. The maximum absolute atomic E-state index is 11.9. The molecule has 0 aliphatic rings. The average molecular weight is 215 g/mol. The molecule has 1 radical (unpaired) electrons. The standard InChI is InChI=1S/C13H11OS/c14-15(13-9-5-2-6-10-13)11-12-7-3-1-4-8-12/h1-11H. The summed E-state index contributed by atoms with van der Waals surface area (Å²) in [5, 5.41) is 1.76. The van der Waals surface area contributed by atoms with Crippen LogP contribution >= 0.6 is 10.8 Å². The normalized spacial score (nSPS) is 12.6. The lowest BCUT2D eigenvalue weighted by molar-refractivity contribution is 0.528. The molecule has 0 saturated heterocycles. The van der Waals surface area contributed by atoms with Gasteiger partial charge >= 0.3 is 0 Å². The van der Waals surface area contributed by atoms with Gasteiger partial charge in [-0.25, -0.2) is 0 Å². The molecule has 2 aromatic carbocycles. The Bertz CT molecular complexity index is 448. The zero-order valence-corrected chi connectivity index (χ0v) is 8.98. The van der Waals surface area contributed by atoms with Crippen molar-refractivity contribution in [1.82, 2.24) is 0 Å². The van der Waals surface area contributed by atoms with Crippen LogP contribution in [0.5, 0.6) is 0 Å². The summed E-state index contributed by atoms with van der Waals surface area (Å²) in [5.74, 6) is 0. The highest BCUT2D eigenvalue weighted by atomic mass is 32.2. The molecule has 2 rings (SSSR count). The predicted octanol–water partition coefficient (Wildman–Crippen LogP) is 3.51. The van der Waals surface area contributed by atoms with Gasteiger partial charge in [0.1, 0.15) is 0 Å². The Morgan fingerprint density at radius 2 is 1.33 bits per heavy atom. The van der Waals surface area contributed by atoms with E-state index in [1.807, 2.05) is 60.7 Å². The third-order valence-corrected chi connectivity index (χ3v) is 3.24. The zero-order chi connectivity index (χ0) is 10.5. The lowest BCUT2D eigenvalue weighted by atomic mass is 10.2. The second-order valence-electron chi connectivity index (χ2n) is 3.14. The highest BCUT2D eigenvalue weighted by Gasteiger charge is 1.96. The van der Waals surface area contributed by atoms with Crippen molar-refractivity contribution >= 4 is 16.1 Å². The fourth-order valence-corrected chi connectivity index (χ4v) is 2.24. The molecule has 0 aromatic heterocycles. The van der Waals surface area contributed by atoms with E-state index in [9.17, 15) is 4.55 Å². The second-order valence-corrected chi connectivity index (χ2v) is 4.44. The number of hydrogen-bond acceptors (Lipinski definition) is 0. The summed E-state index contributed by atoms with van der Waals surface area (Å²) >= 11 is 0. The summed E-state index contributed by atoms with van der Waals surface area (Å²) in [6.07, 6.45) is 0. The SMILES string of the molecule is [O]S(=Cc1ccccc1)c1ccccc1. The van der Waals surface area contributed by atoms with Crippen molar-refractivity contribution in [3.8, 4) is 0 Å². The molecule has 0 aliphatic heterocycles. The number of rotatable bonds is 2.